The summed E-state index contributed by atoms with van der Waals surface area (Å²) in [5.74, 6) is 2.31. The number of methoxy groups -OCH3 is 1. The second-order valence-electron chi connectivity index (χ2n) is 7.05. The minimum absolute atomic E-state index is 0.0913. The molecule has 0 aliphatic carbocycles. The van der Waals surface area contributed by atoms with E-state index in [4.69, 9.17) is 9.15 Å². The first-order chi connectivity index (χ1) is 15.7. The second kappa shape index (κ2) is 10.2. The van der Waals surface area contributed by atoms with Gasteiger partial charge in [0.15, 0.2) is 11.0 Å². The number of amides is 1. The number of para-hydroxylation sites is 1. The van der Waals surface area contributed by atoms with Crippen LogP contribution in [-0.4, -0.2) is 33.5 Å². The standard InChI is InChI=1S/C24H24N4O3S/c1-3-17-8-4-5-12-21(17)25-22(29)16-32-24-27-26-23(18-9-6-10-19(14-18)30-2)28(24)15-20-11-7-13-31-20/h4-14H,3,15-16H2,1-2H3,(H,25,29). The van der Waals surface area contributed by atoms with Gasteiger partial charge in [-0.15, -0.1) is 10.2 Å². The van der Waals surface area contributed by atoms with Gasteiger partial charge in [-0.2, -0.15) is 0 Å². The van der Waals surface area contributed by atoms with E-state index >= 15 is 0 Å². The number of aromatic nitrogens is 3. The number of nitrogens with zero attached hydrogens (tertiary/aromatic N) is 3. The van der Waals surface area contributed by atoms with Gasteiger partial charge in [-0.05, 0) is 42.3 Å². The lowest BCUT2D eigenvalue weighted by Crippen LogP contribution is -2.16. The monoisotopic (exact) mass is 448 g/mol. The van der Waals surface area contributed by atoms with Crippen molar-refractivity contribution in [2.24, 2.45) is 0 Å². The lowest BCUT2D eigenvalue weighted by Gasteiger charge is -2.11. The molecule has 0 radical (unpaired) electrons. The molecular weight excluding hydrogens is 424 g/mol. The highest BCUT2D eigenvalue weighted by molar-refractivity contribution is 7.99. The van der Waals surface area contributed by atoms with E-state index < -0.39 is 0 Å². The van der Waals surface area contributed by atoms with Crippen molar-refractivity contribution in [1.82, 2.24) is 14.8 Å². The molecule has 0 spiro atoms. The van der Waals surface area contributed by atoms with Crippen LogP contribution in [-0.2, 0) is 17.8 Å². The van der Waals surface area contributed by atoms with Gasteiger partial charge in [-0.3, -0.25) is 9.36 Å². The molecule has 2 heterocycles. The predicted molar refractivity (Wildman–Crippen MR) is 125 cm³/mol. The quantitative estimate of drug-likeness (QED) is 0.367. The lowest BCUT2D eigenvalue weighted by atomic mass is 10.1. The first-order valence-corrected chi connectivity index (χ1v) is 11.3. The zero-order valence-corrected chi connectivity index (χ0v) is 18.8. The number of anilines is 1. The average Bonchev–Trinajstić information content (AvgIpc) is 3.48. The van der Waals surface area contributed by atoms with Crippen LogP contribution in [0.25, 0.3) is 11.4 Å². The zero-order chi connectivity index (χ0) is 22.3. The molecule has 2 aromatic heterocycles. The van der Waals surface area contributed by atoms with E-state index in [1.54, 1.807) is 13.4 Å². The maximum Gasteiger partial charge on any atom is 0.234 e. The number of benzene rings is 2. The van der Waals surface area contributed by atoms with Crippen molar-refractivity contribution in [3.8, 4) is 17.1 Å². The fourth-order valence-corrected chi connectivity index (χ4v) is 4.08. The third-order valence-electron chi connectivity index (χ3n) is 4.94. The van der Waals surface area contributed by atoms with Crippen molar-refractivity contribution in [2.75, 3.05) is 18.2 Å². The molecule has 4 rings (SSSR count). The molecule has 2 aromatic carbocycles. The highest BCUT2D eigenvalue weighted by atomic mass is 32.2. The summed E-state index contributed by atoms with van der Waals surface area (Å²) in [7, 11) is 1.63. The molecule has 0 unspecified atom stereocenters. The zero-order valence-electron chi connectivity index (χ0n) is 17.9. The van der Waals surface area contributed by atoms with Gasteiger partial charge in [0.25, 0.3) is 0 Å². The highest BCUT2D eigenvalue weighted by Gasteiger charge is 2.18. The number of thioether (sulfide) groups is 1. The summed E-state index contributed by atoms with van der Waals surface area (Å²) in [6, 6.07) is 19.2. The molecule has 0 aliphatic heterocycles. The molecule has 32 heavy (non-hydrogen) atoms. The molecule has 0 aliphatic rings. The van der Waals surface area contributed by atoms with E-state index in [1.807, 2.05) is 65.2 Å². The Morgan fingerprint density at radius 1 is 1.12 bits per heavy atom. The predicted octanol–water partition coefficient (Wildman–Crippen LogP) is 4.89. The van der Waals surface area contributed by atoms with Gasteiger partial charge in [0.05, 0.1) is 25.7 Å². The van der Waals surface area contributed by atoms with E-state index in [0.717, 1.165) is 34.7 Å². The van der Waals surface area contributed by atoms with Crippen LogP contribution in [0.1, 0.15) is 18.2 Å². The minimum atomic E-state index is -0.0913. The summed E-state index contributed by atoms with van der Waals surface area (Å²) in [6.45, 7) is 2.52. The van der Waals surface area contributed by atoms with Crippen molar-refractivity contribution >= 4 is 23.4 Å². The molecule has 4 aromatic rings. The van der Waals surface area contributed by atoms with Crippen LogP contribution in [0, 0.1) is 0 Å². The van der Waals surface area contributed by atoms with Crippen LogP contribution >= 0.6 is 11.8 Å². The van der Waals surface area contributed by atoms with Gasteiger partial charge < -0.3 is 14.5 Å². The topological polar surface area (TPSA) is 82.2 Å². The Morgan fingerprint density at radius 2 is 2.00 bits per heavy atom. The van der Waals surface area contributed by atoms with Gasteiger partial charge in [0, 0.05) is 11.3 Å². The van der Waals surface area contributed by atoms with Crippen LogP contribution in [0.2, 0.25) is 0 Å². The van der Waals surface area contributed by atoms with Gasteiger partial charge in [0.2, 0.25) is 5.91 Å². The van der Waals surface area contributed by atoms with Crippen molar-refractivity contribution in [2.45, 2.75) is 25.0 Å². The van der Waals surface area contributed by atoms with Crippen molar-refractivity contribution < 1.29 is 13.9 Å². The fourth-order valence-electron chi connectivity index (χ4n) is 3.34. The van der Waals surface area contributed by atoms with Crippen molar-refractivity contribution in [1.29, 1.82) is 0 Å². The van der Waals surface area contributed by atoms with Gasteiger partial charge in [-0.25, -0.2) is 0 Å². The summed E-state index contributed by atoms with van der Waals surface area (Å²) < 4.78 is 12.8. The third-order valence-corrected chi connectivity index (χ3v) is 5.91. The van der Waals surface area contributed by atoms with Gasteiger partial charge in [-0.1, -0.05) is 49.0 Å². The summed E-state index contributed by atoms with van der Waals surface area (Å²) >= 11 is 1.34. The average molecular weight is 449 g/mol. The number of rotatable bonds is 9. The fraction of sp³-hybridized carbons (Fsp3) is 0.208. The maximum atomic E-state index is 12.6. The Bertz CT molecular complexity index is 1190. The Kier molecular flexibility index (Phi) is 6.91. The number of hydrogen-bond donors (Lipinski definition) is 1. The summed E-state index contributed by atoms with van der Waals surface area (Å²) in [6.07, 6.45) is 2.49. The van der Waals surface area contributed by atoms with E-state index in [9.17, 15) is 4.79 Å². The summed E-state index contributed by atoms with van der Waals surface area (Å²) in [4.78, 5) is 12.6. The summed E-state index contributed by atoms with van der Waals surface area (Å²) in [5, 5.41) is 12.4. The number of nitrogens with one attached hydrogen (secondary N) is 1. The number of carbonyl (C=O) groups excluding carboxylic acids is 1. The molecule has 0 fully saturated rings. The van der Waals surface area contributed by atoms with Crippen LogP contribution in [0.3, 0.4) is 0 Å². The number of carbonyl (C=O) groups is 1. The van der Waals surface area contributed by atoms with Crippen molar-refractivity contribution in [3.05, 3.63) is 78.3 Å². The van der Waals surface area contributed by atoms with Crippen LogP contribution in [0.15, 0.2) is 76.5 Å². The maximum absolute atomic E-state index is 12.6. The SMILES string of the molecule is CCc1ccccc1NC(=O)CSc1nnc(-c2cccc(OC)c2)n1Cc1ccco1. The number of ether oxygens (including phenoxy) is 1. The first kappa shape index (κ1) is 21.7. The van der Waals surface area contributed by atoms with Gasteiger partial charge >= 0.3 is 0 Å². The molecule has 8 heteroatoms. The van der Waals surface area contributed by atoms with Crippen LogP contribution in [0.4, 0.5) is 5.69 Å². The number of furan rings is 1. The van der Waals surface area contributed by atoms with E-state index in [1.165, 1.54) is 11.8 Å². The first-order valence-electron chi connectivity index (χ1n) is 10.3. The Balaban J connectivity index is 1.55. The largest absolute Gasteiger partial charge is 0.497 e. The molecule has 7 nitrogen and oxygen atoms in total. The highest BCUT2D eigenvalue weighted by Crippen LogP contribution is 2.28. The molecule has 1 N–H and O–H groups in total. The van der Waals surface area contributed by atoms with E-state index in [0.29, 0.717) is 17.5 Å². The Labute approximate surface area is 190 Å². The molecule has 0 saturated carbocycles. The molecule has 0 atom stereocenters. The number of aryl methyl sites for hydroxylation is 1. The molecular formula is C24H24N4O3S. The molecule has 1 amide bonds. The van der Waals surface area contributed by atoms with Crippen molar-refractivity contribution in [3.63, 3.8) is 0 Å². The minimum Gasteiger partial charge on any atom is -0.497 e. The molecule has 164 valence electrons. The normalized spacial score (nSPS) is 10.8. The number of hydrogen-bond acceptors (Lipinski definition) is 6. The van der Waals surface area contributed by atoms with Crippen LogP contribution < -0.4 is 10.1 Å². The Hall–Kier alpha value is -3.52. The molecule has 0 bridgehead atoms. The summed E-state index contributed by atoms with van der Waals surface area (Å²) in [5.41, 5.74) is 2.82. The second-order valence-corrected chi connectivity index (χ2v) is 7.99. The van der Waals surface area contributed by atoms with Crippen LogP contribution in [0.5, 0.6) is 5.75 Å². The van der Waals surface area contributed by atoms with E-state index in [-0.39, 0.29) is 11.7 Å². The van der Waals surface area contributed by atoms with Gasteiger partial charge in [0.1, 0.15) is 11.5 Å². The lowest BCUT2D eigenvalue weighted by molar-refractivity contribution is -0.113. The molecule has 0 saturated heterocycles. The van der Waals surface area contributed by atoms with E-state index in [2.05, 4.69) is 22.4 Å². The third kappa shape index (κ3) is 5.03. The Morgan fingerprint density at radius 3 is 2.78 bits per heavy atom. The smallest absolute Gasteiger partial charge is 0.234 e.